The molecule has 1 saturated heterocycles. The lowest BCUT2D eigenvalue weighted by atomic mass is 10.1. The Balaban J connectivity index is 0.00000256. The van der Waals surface area contributed by atoms with Crippen molar-refractivity contribution >= 4 is 45.0 Å². The Hall–Kier alpha value is -2.06. The first-order valence-electron chi connectivity index (χ1n) is 9.89. The van der Waals surface area contributed by atoms with Gasteiger partial charge in [-0.15, -0.1) is 12.4 Å². The van der Waals surface area contributed by atoms with Crippen molar-refractivity contribution in [3.05, 3.63) is 59.9 Å². The Kier molecular flexibility index (Phi) is 8.16. The van der Waals surface area contributed by atoms with E-state index in [2.05, 4.69) is 9.88 Å². The minimum absolute atomic E-state index is 0. The number of amides is 1. The normalized spacial score (nSPS) is 14.4. The molecule has 0 radical (unpaired) electrons. The number of anilines is 1. The van der Waals surface area contributed by atoms with E-state index in [1.165, 1.54) is 23.5 Å². The third-order valence-electron chi connectivity index (χ3n) is 5.09. The van der Waals surface area contributed by atoms with Gasteiger partial charge in [0.05, 0.1) is 23.4 Å². The SMILES string of the molecule is Cl.O=C(CCc1ccccc1)N(CCN1CCOCC1)c1nc2ccc(F)cc2s1. The molecule has 1 aromatic heterocycles. The van der Waals surface area contributed by atoms with Gasteiger partial charge in [0.1, 0.15) is 5.82 Å². The van der Waals surface area contributed by atoms with Gasteiger partial charge < -0.3 is 4.74 Å². The molecule has 1 aliphatic rings. The van der Waals surface area contributed by atoms with Crippen LogP contribution in [-0.4, -0.2) is 55.2 Å². The lowest BCUT2D eigenvalue weighted by molar-refractivity contribution is -0.118. The maximum atomic E-state index is 13.6. The highest BCUT2D eigenvalue weighted by Crippen LogP contribution is 2.30. The van der Waals surface area contributed by atoms with Gasteiger partial charge in [-0.3, -0.25) is 14.6 Å². The standard InChI is InChI=1S/C22H24FN3O2S.ClH/c23-18-7-8-19-20(16-18)29-22(24-19)26(11-10-25-12-14-28-15-13-25)21(27)9-6-17-4-2-1-3-5-17;/h1-5,7-8,16H,6,9-15H2;1H. The highest BCUT2D eigenvalue weighted by atomic mass is 35.5. The summed E-state index contributed by atoms with van der Waals surface area (Å²) >= 11 is 1.37. The van der Waals surface area contributed by atoms with Crippen LogP contribution in [0.25, 0.3) is 10.2 Å². The number of hydrogen-bond acceptors (Lipinski definition) is 5. The first-order chi connectivity index (χ1) is 14.2. The zero-order valence-corrected chi connectivity index (χ0v) is 18.3. The third kappa shape index (κ3) is 5.76. The highest BCUT2D eigenvalue weighted by Gasteiger charge is 2.21. The number of carbonyl (C=O) groups excluding carboxylic acids is 1. The molecular formula is C22H25ClFN3O2S. The molecule has 30 heavy (non-hydrogen) atoms. The predicted octanol–water partition coefficient (Wildman–Crippen LogP) is 4.16. The van der Waals surface area contributed by atoms with Crippen molar-refractivity contribution in [2.24, 2.45) is 0 Å². The number of hydrogen-bond donors (Lipinski definition) is 0. The molecular weight excluding hydrogens is 425 g/mol. The van der Waals surface area contributed by atoms with Crippen LogP contribution >= 0.6 is 23.7 Å². The van der Waals surface area contributed by atoms with Crippen LogP contribution in [0, 0.1) is 5.82 Å². The van der Waals surface area contributed by atoms with E-state index in [0.29, 0.717) is 24.5 Å². The van der Waals surface area contributed by atoms with Gasteiger partial charge in [-0.1, -0.05) is 41.7 Å². The van der Waals surface area contributed by atoms with E-state index in [0.717, 1.165) is 48.6 Å². The number of fused-ring (bicyclic) bond motifs is 1. The van der Waals surface area contributed by atoms with Gasteiger partial charge in [0.25, 0.3) is 0 Å². The Labute approximate surface area is 185 Å². The molecule has 1 amide bonds. The Morgan fingerprint density at radius 3 is 2.70 bits per heavy atom. The van der Waals surface area contributed by atoms with E-state index < -0.39 is 0 Å². The van der Waals surface area contributed by atoms with E-state index in [1.54, 1.807) is 11.0 Å². The van der Waals surface area contributed by atoms with Crippen LogP contribution in [-0.2, 0) is 16.0 Å². The smallest absolute Gasteiger partial charge is 0.229 e. The monoisotopic (exact) mass is 449 g/mol. The molecule has 0 bridgehead atoms. The fourth-order valence-corrected chi connectivity index (χ4v) is 4.46. The van der Waals surface area contributed by atoms with Crippen LogP contribution in [0.3, 0.4) is 0 Å². The van der Waals surface area contributed by atoms with Gasteiger partial charge in [0.15, 0.2) is 5.13 Å². The number of halogens is 2. The average molecular weight is 450 g/mol. The molecule has 0 spiro atoms. The second-order valence-corrected chi connectivity index (χ2v) is 8.10. The average Bonchev–Trinajstić information content (AvgIpc) is 3.16. The van der Waals surface area contributed by atoms with E-state index >= 15 is 0 Å². The lowest BCUT2D eigenvalue weighted by Crippen LogP contribution is -2.43. The minimum atomic E-state index is -0.289. The molecule has 0 atom stereocenters. The molecule has 0 aliphatic carbocycles. The van der Waals surface area contributed by atoms with E-state index in [-0.39, 0.29) is 24.1 Å². The molecule has 160 valence electrons. The number of aromatic nitrogens is 1. The molecule has 8 heteroatoms. The largest absolute Gasteiger partial charge is 0.379 e. The number of ether oxygens (including phenoxy) is 1. The number of thiazole rings is 1. The molecule has 0 saturated carbocycles. The van der Waals surface area contributed by atoms with Crippen LogP contribution in [0.1, 0.15) is 12.0 Å². The van der Waals surface area contributed by atoms with Crippen molar-refractivity contribution in [1.82, 2.24) is 9.88 Å². The number of rotatable bonds is 7. The minimum Gasteiger partial charge on any atom is -0.379 e. The van der Waals surface area contributed by atoms with Crippen molar-refractivity contribution < 1.29 is 13.9 Å². The quantitative estimate of drug-likeness (QED) is 0.543. The summed E-state index contributed by atoms with van der Waals surface area (Å²) < 4.78 is 19.8. The summed E-state index contributed by atoms with van der Waals surface area (Å²) in [6.07, 6.45) is 1.10. The fourth-order valence-electron chi connectivity index (χ4n) is 3.43. The molecule has 3 aromatic rings. The fraction of sp³-hybridized carbons (Fsp3) is 0.364. The summed E-state index contributed by atoms with van der Waals surface area (Å²) in [5.41, 5.74) is 1.86. The van der Waals surface area contributed by atoms with Crippen LogP contribution in [0.4, 0.5) is 9.52 Å². The van der Waals surface area contributed by atoms with Gasteiger partial charge in [0, 0.05) is 32.6 Å². The zero-order chi connectivity index (χ0) is 20.1. The first kappa shape index (κ1) is 22.6. The highest BCUT2D eigenvalue weighted by molar-refractivity contribution is 7.22. The van der Waals surface area contributed by atoms with Crippen molar-refractivity contribution in [1.29, 1.82) is 0 Å². The maximum Gasteiger partial charge on any atom is 0.229 e. The number of morpholine rings is 1. The number of nitrogens with zero attached hydrogens (tertiary/aromatic N) is 3. The van der Waals surface area contributed by atoms with Crippen molar-refractivity contribution in [3.63, 3.8) is 0 Å². The lowest BCUT2D eigenvalue weighted by Gasteiger charge is -2.29. The summed E-state index contributed by atoms with van der Waals surface area (Å²) in [6.45, 7) is 4.53. The van der Waals surface area contributed by atoms with E-state index in [9.17, 15) is 9.18 Å². The first-order valence-corrected chi connectivity index (χ1v) is 10.7. The second kappa shape index (κ2) is 10.8. The van der Waals surface area contributed by atoms with Crippen molar-refractivity contribution in [3.8, 4) is 0 Å². The third-order valence-corrected chi connectivity index (χ3v) is 6.13. The van der Waals surface area contributed by atoms with E-state index in [4.69, 9.17) is 4.74 Å². The summed E-state index contributed by atoms with van der Waals surface area (Å²) in [4.78, 5) is 21.8. The Bertz CT molecular complexity index is 963. The van der Waals surface area contributed by atoms with Crippen LogP contribution in [0.2, 0.25) is 0 Å². The van der Waals surface area contributed by atoms with Gasteiger partial charge in [0.2, 0.25) is 5.91 Å². The maximum absolute atomic E-state index is 13.6. The molecule has 4 rings (SSSR count). The summed E-state index contributed by atoms with van der Waals surface area (Å²) in [7, 11) is 0. The van der Waals surface area contributed by atoms with Crippen molar-refractivity contribution in [2.45, 2.75) is 12.8 Å². The number of aryl methyl sites for hydroxylation is 1. The zero-order valence-electron chi connectivity index (χ0n) is 16.6. The number of carbonyl (C=O) groups is 1. The van der Waals surface area contributed by atoms with Gasteiger partial charge in [-0.2, -0.15) is 0 Å². The van der Waals surface area contributed by atoms with Gasteiger partial charge >= 0.3 is 0 Å². The molecule has 2 heterocycles. The second-order valence-electron chi connectivity index (χ2n) is 7.09. The van der Waals surface area contributed by atoms with Gasteiger partial charge in [-0.25, -0.2) is 9.37 Å². The molecule has 2 aromatic carbocycles. The molecule has 0 unspecified atom stereocenters. The van der Waals surface area contributed by atoms with Crippen LogP contribution < -0.4 is 4.90 Å². The topological polar surface area (TPSA) is 45.7 Å². The van der Waals surface area contributed by atoms with Crippen LogP contribution in [0.5, 0.6) is 0 Å². The predicted molar refractivity (Wildman–Crippen MR) is 121 cm³/mol. The summed E-state index contributed by atoms with van der Waals surface area (Å²) in [5.74, 6) is -0.246. The molecule has 1 aliphatic heterocycles. The molecule has 5 nitrogen and oxygen atoms in total. The Morgan fingerprint density at radius 2 is 1.93 bits per heavy atom. The number of benzene rings is 2. The van der Waals surface area contributed by atoms with Crippen LogP contribution in [0.15, 0.2) is 48.5 Å². The van der Waals surface area contributed by atoms with Crippen molar-refractivity contribution in [2.75, 3.05) is 44.3 Å². The van der Waals surface area contributed by atoms with Gasteiger partial charge in [-0.05, 0) is 30.2 Å². The summed E-state index contributed by atoms with van der Waals surface area (Å²) in [5, 5.41) is 0.636. The molecule has 0 N–H and O–H groups in total. The summed E-state index contributed by atoms with van der Waals surface area (Å²) in [6, 6.07) is 14.6. The molecule has 1 fully saturated rings. The van der Waals surface area contributed by atoms with E-state index in [1.807, 2.05) is 30.3 Å². The Morgan fingerprint density at radius 1 is 1.17 bits per heavy atom.